The van der Waals surface area contributed by atoms with Crippen LogP contribution in [-0.4, -0.2) is 45.5 Å². The van der Waals surface area contributed by atoms with Gasteiger partial charge in [-0.3, -0.25) is 4.79 Å². The van der Waals surface area contributed by atoms with Crippen LogP contribution in [-0.2, 0) is 26.0 Å². The summed E-state index contributed by atoms with van der Waals surface area (Å²) < 4.78 is 38.1. The Bertz CT molecular complexity index is 910. The van der Waals surface area contributed by atoms with Crippen LogP contribution in [0, 0.1) is 5.41 Å². The zero-order valence-corrected chi connectivity index (χ0v) is 17.7. The Labute approximate surface area is 170 Å². The standard InChI is InChI=1S/C20H25NO5S2/c1-3-26-19(22)20(13-16-6-4-7-17(12-16)25-2)9-5-10-21(15-20)28(23,24)18-8-11-27-14-18/h4,6-8,11-12,14H,3,5,9-10,13,15H2,1-2H3/t20-/m1/s1. The number of carbonyl (C=O) groups is 1. The van der Waals surface area contributed by atoms with Crippen molar-refractivity contribution in [2.75, 3.05) is 26.8 Å². The van der Waals surface area contributed by atoms with Crippen LogP contribution in [0.2, 0.25) is 0 Å². The molecule has 1 aromatic heterocycles. The SMILES string of the molecule is CCOC(=O)[C@@]1(Cc2cccc(OC)c2)CCCN(S(=O)(=O)c2ccsc2)C1. The van der Waals surface area contributed by atoms with Gasteiger partial charge in [0.25, 0.3) is 0 Å². The molecule has 1 fully saturated rings. The van der Waals surface area contributed by atoms with Crippen molar-refractivity contribution in [3.8, 4) is 5.75 Å². The molecule has 1 aliphatic rings. The Hall–Kier alpha value is -1.90. The number of sulfonamides is 1. The highest BCUT2D eigenvalue weighted by Crippen LogP contribution is 2.38. The molecule has 2 heterocycles. The minimum atomic E-state index is -3.63. The van der Waals surface area contributed by atoms with Gasteiger partial charge in [0.05, 0.1) is 24.0 Å². The second-order valence-electron chi connectivity index (χ2n) is 6.93. The fourth-order valence-electron chi connectivity index (χ4n) is 3.68. The number of esters is 1. The molecule has 0 bridgehead atoms. The largest absolute Gasteiger partial charge is 0.497 e. The molecule has 152 valence electrons. The van der Waals surface area contributed by atoms with Gasteiger partial charge in [-0.05, 0) is 55.3 Å². The number of carbonyl (C=O) groups excluding carboxylic acids is 1. The highest BCUT2D eigenvalue weighted by Gasteiger charge is 2.46. The smallest absolute Gasteiger partial charge is 0.313 e. The molecule has 28 heavy (non-hydrogen) atoms. The predicted octanol–water partition coefficient (Wildman–Crippen LogP) is 3.33. The second-order valence-corrected chi connectivity index (χ2v) is 9.65. The molecule has 2 aromatic rings. The van der Waals surface area contributed by atoms with Gasteiger partial charge in [-0.2, -0.15) is 15.6 Å². The maximum Gasteiger partial charge on any atom is 0.313 e. The van der Waals surface area contributed by atoms with E-state index in [2.05, 4.69) is 0 Å². The molecule has 3 rings (SSSR count). The van der Waals surface area contributed by atoms with Crippen LogP contribution in [0.3, 0.4) is 0 Å². The van der Waals surface area contributed by atoms with E-state index in [1.54, 1.807) is 30.9 Å². The van der Waals surface area contributed by atoms with Gasteiger partial charge in [0.2, 0.25) is 10.0 Å². The third-order valence-electron chi connectivity index (χ3n) is 5.06. The number of nitrogens with zero attached hydrogens (tertiary/aromatic N) is 1. The maximum absolute atomic E-state index is 13.0. The van der Waals surface area contributed by atoms with Gasteiger partial charge in [-0.1, -0.05) is 12.1 Å². The molecule has 0 saturated carbocycles. The Kier molecular flexibility index (Phi) is 6.42. The molecular weight excluding hydrogens is 398 g/mol. The lowest BCUT2D eigenvalue weighted by Crippen LogP contribution is -2.51. The molecule has 0 N–H and O–H groups in total. The number of benzene rings is 1. The van der Waals surface area contributed by atoms with Gasteiger partial charge >= 0.3 is 5.97 Å². The summed E-state index contributed by atoms with van der Waals surface area (Å²) in [6.07, 6.45) is 1.59. The Morgan fingerprint density at radius 1 is 1.32 bits per heavy atom. The van der Waals surface area contributed by atoms with Crippen LogP contribution in [0.1, 0.15) is 25.3 Å². The highest BCUT2D eigenvalue weighted by atomic mass is 32.2. The summed E-state index contributed by atoms with van der Waals surface area (Å²) >= 11 is 1.34. The average molecular weight is 424 g/mol. The van der Waals surface area contributed by atoms with Crippen LogP contribution in [0.4, 0.5) is 0 Å². The van der Waals surface area contributed by atoms with Crippen LogP contribution in [0.15, 0.2) is 46.0 Å². The van der Waals surface area contributed by atoms with Crippen molar-refractivity contribution >= 4 is 27.3 Å². The quantitative estimate of drug-likeness (QED) is 0.639. The summed E-state index contributed by atoms with van der Waals surface area (Å²) in [6, 6.07) is 9.12. The fraction of sp³-hybridized carbons (Fsp3) is 0.450. The fourth-order valence-corrected chi connectivity index (χ4v) is 6.26. The zero-order valence-electron chi connectivity index (χ0n) is 16.1. The predicted molar refractivity (Wildman–Crippen MR) is 108 cm³/mol. The molecular formula is C20H25NO5S2. The summed E-state index contributed by atoms with van der Waals surface area (Å²) in [6.45, 7) is 2.54. The first kappa shape index (κ1) is 20.8. The third-order valence-corrected chi connectivity index (χ3v) is 7.73. The average Bonchev–Trinajstić information content (AvgIpc) is 3.24. The lowest BCUT2D eigenvalue weighted by atomic mass is 9.75. The van der Waals surface area contributed by atoms with Gasteiger partial charge in [0, 0.05) is 18.5 Å². The van der Waals surface area contributed by atoms with Crippen molar-refractivity contribution in [1.82, 2.24) is 4.31 Å². The number of methoxy groups -OCH3 is 1. The summed E-state index contributed by atoms with van der Waals surface area (Å²) in [5, 5.41) is 3.36. The molecule has 0 amide bonds. The Morgan fingerprint density at radius 2 is 2.14 bits per heavy atom. The van der Waals surface area contributed by atoms with Crippen LogP contribution < -0.4 is 4.74 Å². The van der Waals surface area contributed by atoms with Crippen molar-refractivity contribution in [2.45, 2.75) is 31.1 Å². The van der Waals surface area contributed by atoms with E-state index in [9.17, 15) is 13.2 Å². The molecule has 0 aliphatic carbocycles. The first-order valence-corrected chi connectivity index (χ1v) is 11.6. The maximum atomic E-state index is 13.0. The minimum Gasteiger partial charge on any atom is -0.497 e. The molecule has 6 nitrogen and oxygen atoms in total. The summed E-state index contributed by atoms with van der Waals surface area (Å²) in [4.78, 5) is 13.2. The van der Waals surface area contributed by atoms with E-state index in [4.69, 9.17) is 9.47 Å². The number of rotatable bonds is 7. The molecule has 1 aromatic carbocycles. The van der Waals surface area contributed by atoms with E-state index >= 15 is 0 Å². The summed E-state index contributed by atoms with van der Waals surface area (Å²) in [7, 11) is -2.04. The molecule has 1 atom stereocenters. The van der Waals surface area contributed by atoms with E-state index in [0.717, 1.165) is 5.56 Å². The van der Waals surface area contributed by atoms with Crippen molar-refractivity contribution in [3.63, 3.8) is 0 Å². The first-order chi connectivity index (χ1) is 13.4. The van der Waals surface area contributed by atoms with Crippen LogP contribution >= 0.6 is 11.3 Å². The van der Waals surface area contributed by atoms with Gasteiger partial charge in [-0.15, -0.1) is 0 Å². The first-order valence-electron chi connectivity index (χ1n) is 9.24. The van der Waals surface area contributed by atoms with E-state index in [0.29, 0.717) is 31.6 Å². The Morgan fingerprint density at radius 3 is 2.82 bits per heavy atom. The number of thiophene rings is 1. The summed E-state index contributed by atoms with van der Waals surface area (Å²) in [5.41, 5.74) is 0.00571. The lowest BCUT2D eigenvalue weighted by Gasteiger charge is -2.40. The molecule has 1 saturated heterocycles. The van der Waals surface area contributed by atoms with E-state index < -0.39 is 15.4 Å². The Balaban J connectivity index is 1.93. The number of hydrogen-bond donors (Lipinski definition) is 0. The number of piperidine rings is 1. The zero-order chi connectivity index (χ0) is 20.2. The van der Waals surface area contributed by atoms with Gasteiger partial charge in [-0.25, -0.2) is 8.42 Å². The van der Waals surface area contributed by atoms with Crippen molar-refractivity contribution in [3.05, 3.63) is 46.7 Å². The van der Waals surface area contributed by atoms with Crippen molar-refractivity contribution in [1.29, 1.82) is 0 Å². The molecule has 0 unspecified atom stereocenters. The van der Waals surface area contributed by atoms with Crippen molar-refractivity contribution < 1.29 is 22.7 Å². The van der Waals surface area contributed by atoms with Gasteiger partial charge in [0.1, 0.15) is 5.75 Å². The third kappa shape index (κ3) is 4.24. The molecule has 0 spiro atoms. The van der Waals surface area contributed by atoms with Crippen molar-refractivity contribution in [2.24, 2.45) is 5.41 Å². The second kappa shape index (κ2) is 8.63. The molecule has 0 radical (unpaired) electrons. The van der Waals surface area contributed by atoms with Crippen LogP contribution in [0.5, 0.6) is 5.75 Å². The highest BCUT2D eigenvalue weighted by molar-refractivity contribution is 7.89. The van der Waals surface area contributed by atoms with E-state index in [-0.39, 0.29) is 24.0 Å². The van der Waals surface area contributed by atoms with Crippen LogP contribution in [0.25, 0.3) is 0 Å². The molecule has 1 aliphatic heterocycles. The topological polar surface area (TPSA) is 72.9 Å². The number of hydrogen-bond acceptors (Lipinski definition) is 6. The normalized spacial score (nSPS) is 20.6. The van der Waals surface area contributed by atoms with Gasteiger partial charge in [0.15, 0.2) is 0 Å². The van der Waals surface area contributed by atoms with E-state index in [1.165, 1.54) is 15.6 Å². The summed E-state index contributed by atoms with van der Waals surface area (Å²) in [5.74, 6) is 0.359. The monoisotopic (exact) mass is 423 g/mol. The minimum absolute atomic E-state index is 0.112. The number of ether oxygens (including phenoxy) is 2. The molecule has 8 heteroatoms. The lowest BCUT2D eigenvalue weighted by molar-refractivity contribution is -0.157. The van der Waals surface area contributed by atoms with E-state index in [1.807, 2.05) is 24.3 Å². The van der Waals surface area contributed by atoms with Gasteiger partial charge < -0.3 is 9.47 Å².